The highest BCUT2D eigenvalue weighted by Crippen LogP contribution is 2.17. The summed E-state index contributed by atoms with van der Waals surface area (Å²) in [6.45, 7) is 2.11. The van der Waals surface area contributed by atoms with Crippen molar-refractivity contribution >= 4 is 0 Å². The molecule has 0 fully saturated rings. The standard InChI is InChI=1S/C11H15N5O/c1-2-3-5-8(12)11-15-10(16-17-11)9-13-6-4-7-14-9/h4,6-8H,2-3,5,12H2,1H3/t8-/m0/s1. The number of nitrogens with two attached hydrogens (primary N) is 1. The van der Waals surface area contributed by atoms with Crippen LogP contribution in [-0.4, -0.2) is 20.1 Å². The predicted molar refractivity (Wildman–Crippen MR) is 61.8 cm³/mol. The van der Waals surface area contributed by atoms with Crippen LogP contribution in [0.4, 0.5) is 0 Å². The minimum Gasteiger partial charge on any atom is -0.337 e. The Kier molecular flexibility index (Phi) is 3.77. The van der Waals surface area contributed by atoms with Gasteiger partial charge in [-0.05, 0) is 12.5 Å². The van der Waals surface area contributed by atoms with Gasteiger partial charge in [0.1, 0.15) is 0 Å². The summed E-state index contributed by atoms with van der Waals surface area (Å²) >= 11 is 0. The zero-order valence-electron chi connectivity index (χ0n) is 9.71. The average molecular weight is 233 g/mol. The third-order valence-corrected chi connectivity index (χ3v) is 2.39. The van der Waals surface area contributed by atoms with Crippen molar-refractivity contribution in [3.05, 3.63) is 24.4 Å². The number of hydrogen-bond acceptors (Lipinski definition) is 6. The van der Waals surface area contributed by atoms with Crippen LogP contribution in [0.25, 0.3) is 11.6 Å². The Labute approximate surface area is 99.3 Å². The van der Waals surface area contributed by atoms with Gasteiger partial charge in [0.05, 0.1) is 6.04 Å². The fourth-order valence-corrected chi connectivity index (χ4v) is 1.44. The van der Waals surface area contributed by atoms with E-state index in [1.54, 1.807) is 18.5 Å². The number of aromatic nitrogens is 4. The number of nitrogens with zero attached hydrogens (tertiary/aromatic N) is 4. The molecule has 0 spiro atoms. The van der Waals surface area contributed by atoms with Crippen molar-refractivity contribution in [2.75, 3.05) is 0 Å². The maximum absolute atomic E-state index is 5.94. The average Bonchev–Trinajstić information content (AvgIpc) is 2.86. The molecule has 0 unspecified atom stereocenters. The van der Waals surface area contributed by atoms with Crippen molar-refractivity contribution in [2.24, 2.45) is 5.73 Å². The summed E-state index contributed by atoms with van der Waals surface area (Å²) in [4.78, 5) is 12.3. The second-order valence-corrected chi connectivity index (χ2v) is 3.78. The van der Waals surface area contributed by atoms with Crippen molar-refractivity contribution in [3.8, 4) is 11.6 Å². The van der Waals surface area contributed by atoms with Crippen molar-refractivity contribution in [2.45, 2.75) is 32.2 Å². The monoisotopic (exact) mass is 233 g/mol. The Morgan fingerprint density at radius 3 is 2.76 bits per heavy atom. The van der Waals surface area contributed by atoms with Gasteiger partial charge in [-0.1, -0.05) is 24.9 Å². The van der Waals surface area contributed by atoms with Gasteiger partial charge in [-0.15, -0.1) is 0 Å². The molecule has 0 aliphatic carbocycles. The van der Waals surface area contributed by atoms with E-state index in [1.807, 2.05) is 0 Å². The van der Waals surface area contributed by atoms with Gasteiger partial charge in [0.15, 0.2) is 0 Å². The van der Waals surface area contributed by atoms with Gasteiger partial charge in [-0.3, -0.25) is 0 Å². The molecule has 2 rings (SSSR count). The highest BCUT2D eigenvalue weighted by atomic mass is 16.5. The second kappa shape index (κ2) is 5.49. The first-order chi connectivity index (χ1) is 8.31. The third-order valence-electron chi connectivity index (χ3n) is 2.39. The van der Waals surface area contributed by atoms with E-state index in [1.165, 1.54) is 0 Å². The van der Waals surface area contributed by atoms with Crippen LogP contribution in [0.5, 0.6) is 0 Å². The second-order valence-electron chi connectivity index (χ2n) is 3.78. The summed E-state index contributed by atoms with van der Waals surface area (Å²) in [7, 11) is 0. The molecule has 2 N–H and O–H groups in total. The van der Waals surface area contributed by atoms with Crippen molar-refractivity contribution < 1.29 is 4.52 Å². The molecular weight excluding hydrogens is 218 g/mol. The summed E-state index contributed by atoms with van der Waals surface area (Å²) in [5.74, 6) is 1.28. The molecule has 0 saturated carbocycles. The van der Waals surface area contributed by atoms with E-state index >= 15 is 0 Å². The molecule has 0 aliphatic rings. The van der Waals surface area contributed by atoms with Crippen molar-refractivity contribution in [1.82, 2.24) is 20.1 Å². The smallest absolute Gasteiger partial charge is 0.243 e. The van der Waals surface area contributed by atoms with Crippen LogP contribution in [0.1, 0.15) is 38.1 Å². The Balaban J connectivity index is 2.11. The number of unbranched alkanes of at least 4 members (excludes halogenated alkanes) is 1. The quantitative estimate of drug-likeness (QED) is 0.845. The minimum atomic E-state index is -0.208. The first-order valence-electron chi connectivity index (χ1n) is 5.68. The van der Waals surface area contributed by atoms with E-state index in [-0.39, 0.29) is 6.04 Å². The van der Waals surface area contributed by atoms with E-state index in [0.29, 0.717) is 17.5 Å². The molecule has 0 radical (unpaired) electrons. The van der Waals surface area contributed by atoms with Crippen LogP contribution in [0.3, 0.4) is 0 Å². The third kappa shape index (κ3) is 2.85. The van der Waals surface area contributed by atoms with Gasteiger partial charge in [-0.25, -0.2) is 9.97 Å². The highest BCUT2D eigenvalue weighted by molar-refractivity contribution is 5.40. The SMILES string of the molecule is CCCC[C@H](N)c1nc(-c2ncccn2)no1. The van der Waals surface area contributed by atoms with Gasteiger partial charge in [-0.2, -0.15) is 4.98 Å². The minimum absolute atomic E-state index is 0.208. The van der Waals surface area contributed by atoms with Gasteiger partial charge in [0.25, 0.3) is 0 Å². The van der Waals surface area contributed by atoms with Crippen LogP contribution >= 0.6 is 0 Å². The van der Waals surface area contributed by atoms with E-state index in [0.717, 1.165) is 19.3 Å². The zero-order chi connectivity index (χ0) is 12.1. The predicted octanol–water partition coefficient (Wildman–Crippen LogP) is 1.72. The van der Waals surface area contributed by atoms with Crippen LogP contribution in [0.15, 0.2) is 23.0 Å². The van der Waals surface area contributed by atoms with Crippen LogP contribution < -0.4 is 5.73 Å². The fourth-order valence-electron chi connectivity index (χ4n) is 1.44. The molecule has 1 atom stereocenters. The summed E-state index contributed by atoms with van der Waals surface area (Å²) in [5.41, 5.74) is 5.94. The fraction of sp³-hybridized carbons (Fsp3) is 0.455. The van der Waals surface area contributed by atoms with E-state index in [9.17, 15) is 0 Å². The molecule has 0 aliphatic heterocycles. The molecule has 2 aromatic rings. The maximum atomic E-state index is 5.94. The van der Waals surface area contributed by atoms with Gasteiger partial charge in [0, 0.05) is 12.4 Å². The molecule has 0 aromatic carbocycles. The zero-order valence-corrected chi connectivity index (χ0v) is 9.71. The van der Waals surface area contributed by atoms with Gasteiger partial charge >= 0.3 is 0 Å². The molecule has 6 heteroatoms. The summed E-state index contributed by atoms with van der Waals surface area (Å²) in [6, 6.07) is 1.53. The number of rotatable bonds is 5. The lowest BCUT2D eigenvalue weighted by atomic mass is 10.1. The molecule has 6 nitrogen and oxygen atoms in total. The molecule has 0 bridgehead atoms. The molecule has 2 aromatic heterocycles. The van der Waals surface area contributed by atoms with E-state index < -0.39 is 0 Å². The molecule has 0 saturated heterocycles. The Bertz CT molecular complexity index is 456. The number of hydrogen-bond donors (Lipinski definition) is 1. The Morgan fingerprint density at radius 1 is 1.29 bits per heavy atom. The highest BCUT2D eigenvalue weighted by Gasteiger charge is 2.16. The van der Waals surface area contributed by atoms with Crippen molar-refractivity contribution in [3.63, 3.8) is 0 Å². The Morgan fingerprint density at radius 2 is 2.06 bits per heavy atom. The lowest BCUT2D eigenvalue weighted by molar-refractivity contribution is 0.346. The van der Waals surface area contributed by atoms with Crippen LogP contribution in [0.2, 0.25) is 0 Å². The summed E-state index contributed by atoms with van der Waals surface area (Å²) in [5, 5.41) is 3.82. The molecule has 2 heterocycles. The summed E-state index contributed by atoms with van der Waals surface area (Å²) < 4.78 is 5.11. The van der Waals surface area contributed by atoms with Crippen LogP contribution in [0, 0.1) is 0 Å². The Hall–Kier alpha value is -1.82. The van der Waals surface area contributed by atoms with Crippen LogP contribution in [-0.2, 0) is 0 Å². The van der Waals surface area contributed by atoms with Crippen molar-refractivity contribution in [1.29, 1.82) is 0 Å². The first kappa shape index (κ1) is 11.7. The largest absolute Gasteiger partial charge is 0.337 e. The lowest BCUT2D eigenvalue weighted by Crippen LogP contribution is -2.10. The molecular formula is C11H15N5O. The maximum Gasteiger partial charge on any atom is 0.243 e. The van der Waals surface area contributed by atoms with Gasteiger partial charge in [0.2, 0.25) is 17.5 Å². The van der Waals surface area contributed by atoms with E-state index in [4.69, 9.17) is 10.3 Å². The molecule has 0 amide bonds. The molecule has 17 heavy (non-hydrogen) atoms. The topological polar surface area (TPSA) is 90.7 Å². The molecule has 90 valence electrons. The first-order valence-corrected chi connectivity index (χ1v) is 5.68. The van der Waals surface area contributed by atoms with E-state index in [2.05, 4.69) is 27.0 Å². The normalized spacial score (nSPS) is 12.6. The lowest BCUT2D eigenvalue weighted by Gasteiger charge is -2.03. The van der Waals surface area contributed by atoms with Gasteiger partial charge < -0.3 is 10.3 Å². The summed E-state index contributed by atoms with van der Waals surface area (Å²) in [6.07, 6.45) is 6.25.